The van der Waals surface area contributed by atoms with Gasteiger partial charge in [0, 0.05) is 22.6 Å². The number of carbonyl (C=O) groups excluding carboxylic acids is 2. The first-order chi connectivity index (χ1) is 14.6. The van der Waals surface area contributed by atoms with Gasteiger partial charge in [0.25, 0.3) is 0 Å². The fourth-order valence-electron chi connectivity index (χ4n) is 3.26. The molecule has 3 aromatic rings. The van der Waals surface area contributed by atoms with Crippen LogP contribution in [0, 0.1) is 19.7 Å². The minimum atomic E-state index is -3.72. The summed E-state index contributed by atoms with van der Waals surface area (Å²) in [5.41, 5.74) is 2.25. The molecule has 9 heteroatoms. The number of hydrogen-bond donors (Lipinski definition) is 1. The number of ether oxygens (including phenoxy) is 1. The lowest BCUT2D eigenvalue weighted by molar-refractivity contribution is 0.0474. The summed E-state index contributed by atoms with van der Waals surface area (Å²) in [4.78, 5) is 24.9. The van der Waals surface area contributed by atoms with E-state index >= 15 is 0 Å². The Labute approximate surface area is 179 Å². The number of rotatable bonds is 7. The number of ketones is 1. The average molecular weight is 444 g/mol. The van der Waals surface area contributed by atoms with E-state index in [-0.39, 0.29) is 10.5 Å². The second-order valence-corrected chi connectivity index (χ2v) is 8.72. The van der Waals surface area contributed by atoms with E-state index in [1.54, 1.807) is 36.6 Å². The number of aryl methyl sites for hydroxylation is 1. The number of nitrogens with zero attached hydrogens (tertiary/aromatic N) is 1. The average Bonchev–Trinajstić information content (AvgIpc) is 3.05. The van der Waals surface area contributed by atoms with E-state index in [9.17, 15) is 22.4 Å². The van der Waals surface area contributed by atoms with Crippen LogP contribution in [0.5, 0.6) is 0 Å². The zero-order valence-corrected chi connectivity index (χ0v) is 18.0. The van der Waals surface area contributed by atoms with Gasteiger partial charge in [-0.3, -0.25) is 4.79 Å². The van der Waals surface area contributed by atoms with Crippen LogP contribution in [0.2, 0.25) is 0 Å². The first kappa shape index (κ1) is 22.4. The SMILES string of the molecule is CNS(=O)(=O)c1cccc(C(=O)OCC(=O)c2cc(C)n(-c3cccc(F)c3)c2C)c1. The third-order valence-corrected chi connectivity index (χ3v) is 6.19. The molecule has 0 amide bonds. The highest BCUT2D eigenvalue weighted by Crippen LogP contribution is 2.22. The Morgan fingerprint density at radius 1 is 1.06 bits per heavy atom. The van der Waals surface area contributed by atoms with Gasteiger partial charge in [-0.05, 0) is 63.4 Å². The van der Waals surface area contributed by atoms with Crippen LogP contribution in [0.15, 0.2) is 59.5 Å². The van der Waals surface area contributed by atoms with Gasteiger partial charge in [-0.2, -0.15) is 0 Å². The lowest BCUT2D eigenvalue weighted by Crippen LogP contribution is -2.19. The Morgan fingerprint density at radius 3 is 2.45 bits per heavy atom. The van der Waals surface area contributed by atoms with Crippen LogP contribution in [-0.2, 0) is 14.8 Å². The predicted molar refractivity (Wildman–Crippen MR) is 113 cm³/mol. The third-order valence-electron chi connectivity index (χ3n) is 4.78. The lowest BCUT2D eigenvalue weighted by Gasteiger charge is -2.10. The van der Waals surface area contributed by atoms with Gasteiger partial charge in [-0.25, -0.2) is 22.3 Å². The van der Waals surface area contributed by atoms with Crippen molar-refractivity contribution in [3.05, 3.63) is 82.9 Å². The van der Waals surface area contributed by atoms with E-state index in [2.05, 4.69) is 4.72 Å². The van der Waals surface area contributed by atoms with Crippen molar-refractivity contribution in [3.8, 4) is 5.69 Å². The van der Waals surface area contributed by atoms with Gasteiger partial charge in [-0.1, -0.05) is 12.1 Å². The third kappa shape index (κ3) is 4.73. The predicted octanol–water partition coefficient (Wildman–Crippen LogP) is 3.18. The van der Waals surface area contributed by atoms with Gasteiger partial charge in [-0.15, -0.1) is 0 Å². The quantitative estimate of drug-likeness (QED) is 0.446. The fraction of sp³-hybridized carbons (Fsp3) is 0.182. The number of benzene rings is 2. The van der Waals surface area contributed by atoms with E-state index in [0.717, 1.165) is 5.69 Å². The number of halogens is 1. The highest BCUT2D eigenvalue weighted by atomic mass is 32.2. The van der Waals surface area contributed by atoms with E-state index in [0.29, 0.717) is 16.9 Å². The molecule has 0 aliphatic heterocycles. The Morgan fingerprint density at radius 2 is 1.77 bits per heavy atom. The van der Waals surface area contributed by atoms with Gasteiger partial charge < -0.3 is 9.30 Å². The van der Waals surface area contributed by atoms with Crippen LogP contribution >= 0.6 is 0 Å². The molecule has 0 saturated carbocycles. The molecule has 1 aromatic heterocycles. The molecular weight excluding hydrogens is 423 g/mol. The summed E-state index contributed by atoms with van der Waals surface area (Å²) in [6.07, 6.45) is 0. The molecule has 3 rings (SSSR count). The van der Waals surface area contributed by atoms with Gasteiger partial charge in [0.2, 0.25) is 15.8 Å². The van der Waals surface area contributed by atoms with Gasteiger partial charge in [0.15, 0.2) is 6.61 Å². The van der Waals surface area contributed by atoms with Crippen molar-refractivity contribution in [1.82, 2.24) is 9.29 Å². The Bertz CT molecular complexity index is 1260. The van der Waals surface area contributed by atoms with Gasteiger partial charge in [0.1, 0.15) is 5.82 Å². The van der Waals surface area contributed by atoms with Crippen molar-refractivity contribution >= 4 is 21.8 Å². The Kier molecular flexibility index (Phi) is 6.37. The molecule has 2 aromatic carbocycles. The summed E-state index contributed by atoms with van der Waals surface area (Å²) in [5.74, 6) is -1.64. The number of nitrogens with one attached hydrogen (secondary N) is 1. The molecular formula is C22H21FN2O5S. The summed E-state index contributed by atoms with van der Waals surface area (Å²) in [7, 11) is -2.46. The molecule has 1 heterocycles. The monoisotopic (exact) mass is 444 g/mol. The molecule has 0 radical (unpaired) electrons. The zero-order chi connectivity index (χ0) is 22.8. The number of aromatic nitrogens is 1. The van der Waals surface area contributed by atoms with E-state index in [1.807, 2.05) is 0 Å². The van der Waals surface area contributed by atoms with Gasteiger partial charge >= 0.3 is 5.97 Å². The largest absolute Gasteiger partial charge is 0.454 e. The maximum absolute atomic E-state index is 13.6. The minimum Gasteiger partial charge on any atom is -0.454 e. The first-order valence-corrected chi connectivity index (χ1v) is 10.8. The molecule has 7 nitrogen and oxygen atoms in total. The maximum Gasteiger partial charge on any atom is 0.338 e. The maximum atomic E-state index is 13.6. The standard InChI is InChI=1S/C22H21FN2O5S/c1-14-10-20(15(2)25(14)18-8-5-7-17(23)12-18)21(26)13-30-22(27)16-6-4-9-19(11-16)31(28,29)24-3/h4-12,24H,13H2,1-3H3. The highest BCUT2D eigenvalue weighted by Gasteiger charge is 2.20. The molecule has 162 valence electrons. The normalized spacial score (nSPS) is 11.4. The minimum absolute atomic E-state index is 0.00867. The highest BCUT2D eigenvalue weighted by molar-refractivity contribution is 7.89. The summed E-state index contributed by atoms with van der Waals surface area (Å²) < 4.78 is 46.4. The van der Waals surface area contributed by atoms with Gasteiger partial charge in [0.05, 0.1) is 10.5 Å². The summed E-state index contributed by atoms with van der Waals surface area (Å²) >= 11 is 0. The number of Topliss-reactive ketones (excluding diaryl/α,β-unsaturated/α-hetero) is 1. The summed E-state index contributed by atoms with van der Waals surface area (Å²) in [6.45, 7) is 2.99. The molecule has 0 saturated heterocycles. The number of hydrogen-bond acceptors (Lipinski definition) is 5. The molecule has 31 heavy (non-hydrogen) atoms. The van der Waals surface area contributed by atoms with Crippen molar-refractivity contribution in [2.45, 2.75) is 18.7 Å². The fourth-order valence-corrected chi connectivity index (χ4v) is 4.03. The second-order valence-electron chi connectivity index (χ2n) is 6.83. The van der Waals surface area contributed by atoms with Crippen LogP contribution in [0.1, 0.15) is 32.1 Å². The molecule has 1 N–H and O–H groups in total. The van der Waals surface area contributed by atoms with E-state index < -0.39 is 34.2 Å². The van der Waals surface area contributed by atoms with Crippen LogP contribution in [0.4, 0.5) is 4.39 Å². The molecule has 0 bridgehead atoms. The van der Waals surface area contributed by atoms with Crippen molar-refractivity contribution in [2.24, 2.45) is 0 Å². The molecule has 0 spiro atoms. The molecule has 0 fully saturated rings. The lowest BCUT2D eigenvalue weighted by atomic mass is 10.1. The van der Waals surface area contributed by atoms with Crippen molar-refractivity contribution in [2.75, 3.05) is 13.7 Å². The van der Waals surface area contributed by atoms with Crippen LogP contribution in [-0.4, -0.2) is 38.4 Å². The number of carbonyl (C=O) groups is 2. The Balaban J connectivity index is 1.77. The number of sulfonamides is 1. The molecule has 0 unspecified atom stereocenters. The van der Waals surface area contributed by atoms with E-state index in [1.165, 1.54) is 43.4 Å². The molecule has 0 aliphatic rings. The summed E-state index contributed by atoms with van der Waals surface area (Å²) in [6, 6.07) is 13.0. The smallest absolute Gasteiger partial charge is 0.338 e. The number of esters is 1. The topological polar surface area (TPSA) is 94.5 Å². The van der Waals surface area contributed by atoms with Crippen LogP contribution < -0.4 is 4.72 Å². The zero-order valence-electron chi connectivity index (χ0n) is 17.2. The van der Waals surface area contributed by atoms with E-state index in [4.69, 9.17) is 4.74 Å². The van der Waals surface area contributed by atoms with Crippen molar-refractivity contribution in [1.29, 1.82) is 0 Å². The molecule has 0 atom stereocenters. The first-order valence-electron chi connectivity index (χ1n) is 9.33. The van der Waals surface area contributed by atoms with Crippen LogP contribution in [0.3, 0.4) is 0 Å². The second kappa shape index (κ2) is 8.83. The van der Waals surface area contributed by atoms with Crippen molar-refractivity contribution in [3.63, 3.8) is 0 Å². The summed E-state index contributed by atoms with van der Waals surface area (Å²) in [5, 5.41) is 0. The Hall–Kier alpha value is -3.30. The van der Waals surface area contributed by atoms with Crippen molar-refractivity contribution < 1.29 is 27.1 Å². The molecule has 0 aliphatic carbocycles. The van der Waals surface area contributed by atoms with Crippen LogP contribution in [0.25, 0.3) is 5.69 Å².